The highest BCUT2D eigenvalue weighted by atomic mass is 31.2. The number of rotatable bonds is 12. The maximum absolute atomic E-state index is 12.2. The maximum Gasteiger partial charge on any atom is 0.303 e. The van der Waals surface area contributed by atoms with Crippen molar-refractivity contribution in [2.45, 2.75) is 56.6 Å². The number of aliphatic hydroxyl groups excluding tert-OH is 3. The molecule has 0 spiro atoms. The smallest absolute Gasteiger partial charge is 0.303 e. The summed E-state index contributed by atoms with van der Waals surface area (Å²) in [6.07, 6.45) is -17.4. The number of phosphoric acid groups is 3. The molecule has 35 heavy (non-hydrogen) atoms. The Balaban J connectivity index is 3.08. The zero-order valence-electron chi connectivity index (χ0n) is 17.7. The van der Waals surface area contributed by atoms with E-state index in [2.05, 4.69) is 27.6 Å². The van der Waals surface area contributed by atoms with Gasteiger partial charge in [-0.25, -0.2) is 0 Å². The van der Waals surface area contributed by atoms with Gasteiger partial charge in [-0.3, -0.25) is 14.2 Å². The molecule has 0 aromatic carbocycles. The zero-order valence-corrected chi connectivity index (χ0v) is 20.4. The van der Waals surface area contributed by atoms with Crippen molar-refractivity contribution in [1.29, 1.82) is 0 Å². The average Bonchev–Trinajstić information content (AvgIpc) is 2.66. The predicted molar refractivity (Wildman–Crippen MR) is 93.6 cm³/mol. The molecule has 0 aromatic heterocycles. The standard InChI is InChI=1S/C13H25O19P3/c1-5(14)27-3-7(29-6(2)15)4-28-35(25,26)32-11-8(16)9(17)12(30-33(19,20)21)13(10(11)18)31-34(22,23)24/h7-13,16-18H,3-4H2,1-2H3,(H,25,26)(H2,19,20,21)(H2,22,23,24)/p-5. The van der Waals surface area contributed by atoms with Gasteiger partial charge in [-0.15, -0.1) is 0 Å². The fourth-order valence-corrected chi connectivity index (χ4v) is 4.79. The lowest BCUT2D eigenvalue weighted by Gasteiger charge is -2.50. The fraction of sp³-hybridized carbons (Fsp3) is 0.846. The Hall–Kier alpha value is -0.850. The molecular formula is C13H20O19P3-5. The van der Waals surface area contributed by atoms with Crippen molar-refractivity contribution >= 4 is 35.4 Å². The van der Waals surface area contributed by atoms with Gasteiger partial charge < -0.3 is 76.5 Å². The highest BCUT2D eigenvalue weighted by Crippen LogP contribution is 2.46. The molecule has 0 heterocycles. The molecule has 0 bridgehead atoms. The van der Waals surface area contributed by atoms with E-state index >= 15 is 0 Å². The summed E-state index contributed by atoms with van der Waals surface area (Å²) in [4.78, 5) is 77.8. The Kier molecular flexibility index (Phi) is 11.6. The minimum absolute atomic E-state index is 0.663. The molecule has 3 N–H and O–H groups in total. The molecule has 0 aromatic rings. The summed E-state index contributed by atoms with van der Waals surface area (Å²) in [5.74, 6) is -1.77. The van der Waals surface area contributed by atoms with Crippen LogP contribution in [0.5, 0.6) is 0 Å². The predicted octanol–water partition coefficient (Wildman–Crippen LogP) is -6.12. The topological polar surface area (TPSA) is 317 Å². The first kappa shape index (κ1) is 32.2. The molecule has 0 saturated heterocycles. The van der Waals surface area contributed by atoms with E-state index in [-0.39, 0.29) is 0 Å². The highest BCUT2D eigenvalue weighted by molar-refractivity contribution is 7.45. The molecular weight excluding hydrogens is 553 g/mol. The second-order valence-corrected chi connectivity index (χ2v) is 10.4. The number of carbonyl (C=O) groups is 2. The van der Waals surface area contributed by atoms with Crippen molar-refractivity contribution in [2.75, 3.05) is 13.2 Å². The van der Waals surface area contributed by atoms with Gasteiger partial charge in [-0.1, -0.05) is 0 Å². The Morgan fingerprint density at radius 2 is 1.20 bits per heavy atom. The lowest BCUT2D eigenvalue weighted by Crippen LogP contribution is -2.65. The molecule has 1 aliphatic rings. The quantitative estimate of drug-likeness (QED) is 0.144. The Morgan fingerprint density at radius 3 is 1.63 bits per heavy atom. The molecule has 8 unspecified atom stereocenters. The van der Waals surface area contributed by atoms with Crippen LogP contribution in [0.15, 0.2) is 0 Å². The van der Waals surface area contributed by atoms with Gasteiger partial charge in [-0.2, -0.15) is 0 Å². The van der Waals surface area contributed by atoms with Gasteiger partial charge in [0.05, 0.1) is 22.3 Å². The van der Waals surface area contributed by atoms with E-state index in [1.807, 2.05) is 0 Å². The lowest BCUT2D eigenvalue weighted by atomic mass is 9.85. The first-order chi connectivity index (χ1) is 15.7. The minimum Gasteiger partial charge on any atom is -0.790 e. The lowest BCUT2D eigenvalue weighted by molar-refractivity contribution is -0.366. The van der Waals surface area contributed by atoms with Crippen LogP contribution < -0.4 is 24.5 Å². The zero-order chi connectivity index (χ0) is 27.4. The van der Waals surface area contributed by atoms with Crippen molar-refractivity contribution in [1.82, 2.24) is 0 Å². The number of hydrogen-bond acceptors (Lipinski definition) is 19. The highest BCUT2D eigenvalue weighted by Gasteiger charge is 2.53. The summed E-state index contributed by atoms with van der Waals surface area (Å²) in [5.41, 5.74) is 0. The summed E-state index contributed by atoms with van der Waals surface area (Å²) < 4.78 is 59.8. The van der Waals surface area contributed by atoms with Gasteiger partial charge in [0.1, 0.15) is 43.2 Å². The van der Waals surface area contributed by atoms with Gasteiger partial charge in [-0.05, 0) is 0 Å². The van der Waals surface area contributed by atoms with Gasteiger partial charge in [0.2, 0.25) is 0 Å². The van der Waals surface area contributed by atoms with Crippen LogP contribution in [0.1, 0.15) is 13.8 Å². The molecule has 0 radical (unpaired) electrons. The minimum atomic E-state index is -6.10. The van der Waals surface area contributed by atoms with E-state index in [0.717, 1.165) is 13.8 Å². The van der Waals surface area contributed by atoms with Gasteiger partial charge in [0.15, 0.2) is 6.10 Å². The molecule has 8 atom stereocenters. The number of esters is 2. The Bertz CT molecular complexity index is 881. The monoisotopic (exact) mass is 573 g/mol. The molecule has 19 nitrogen and oxygen atoms in total. The van der Waals surface area contributed by atoms with Gasteiger partial charge >= 0.3 is 11.9 Å². The normalized spacial score (nSPS) is 30.2. The molecule has 1 rings (SSSR count). The van der Waals surface area contributed by atoms with Crippen LogP contribution in [-0.2, 0) is 50.9 Å². The van der Waals surface area contributed by atoms with Crippen LogP contribution in [0.25, 0.3) is 0 Å². The van der Waals surface area contributed by atoms with Crippen molar-refractivity contribution in [3.05, 3.63) is 0 Å². The van der Waals surface area contributed by atoms with Crippen LogP contribution in [-0.4, -0.2) is 83.2 Å². The second kappa shape index (κ2) is 12.6. The van der Waals surface area contributed by atoms with E-state index in [4.69, 9.17) is 0 Å². The number of ether oxygens (including phenoxy) is 2. The van der Waals surface area contributed by atoms with Crippen molar-refractivity contribution in [3.8, 4) is 0 Å². The average molecular weight is 573 g/mol. The third-order valence-electron chi connectivity index (χ3n) is 4.00. The molecule has 1 saturated carbocycles. The largest absolute Gasteiger partial charge is 0.790 e. The number of phosphoric ester groups is 3. The van der Waals surface area contributed by atoms with E-state index in [1.165, 1.54) is 0 Å². The Morgan fingerprint density at radius 1 is 0.743 bits per heavy atom. The molecule has 22 heteroatoms. The third-order valence-corrected chi connectivity index (χ3v) is 5.97. The molecule has 0 aliphatic heterocycles. The van der Waals surface area contributed by atoms with Crippen LogP contribution in [0.2, 0.25) is 0 Å². The van der Waals surface area contributed by atoms with E-state index < -0.39 is 91.3 Å². The van der Waals surface area contributed by atoms with Crippen LogP contribution >= 0.6 is 23.5 Å². The van der Waals surface area contributed by atoms with Crippen LogP contribution in [0.4, 0.5) is 0 Å². The van der Waals surface area contributed by atoms with Crippen molar-refractivity contribution in [2.24, 2.45) is 0 Å². The first-order valence-corrected chi connectivity index (χ1v) is 13.5. The summed E-state index contributed by atoms with van der Waals surface area (Å²) >= 11 is 0. The number of carbonyl (C=O) groups excluding carboxylic acids is 2. The summed E-state index contributed by atoms with van der Waals surface area (Å²) in [6.45, 7) is 0.216. The number of hydrogen-bond donors (Lipinski definition) is 3. The maximum atomic E-state index is 12.2. The molecule has 1 fully saturated rings. The molecule has 206 valence electrons. The van der Waals surface area contributed by atoms with Crippen LogP contribution in [0.3, 0.4) is 0 Å². The molecule has 0 amide bonds. The second-order valence-electron chi connectivity index (χ2n) is 6.85. The molecule has 1 aliphatic carbocycles. The van der Waals surface area contributed by atoms with Gasteiger partial charge in [0.25, 0.3) is 7.82 Å². The summed E-state index contributed by atoms with van der Waals surface area (Å²) in [7, 11) is -17.8. The third kappa shape index (κ3) is 11.4. The Labute approximate surface area is 196 Å². The number of aliphatic hydroxyl groups is 3. The van der Waals surface area contributed by atoms with Crippen molar-refractivity contribution in [3.63, 3.8) is 0 Å². The SMILES string of the molecule is CC(=O)OCC(COP(=O)([O-])OC1C(O)C(O)C(OP(=O)([O-])[O-])C(OP(=O)([O-])[O-])C1O)OC(C)=O. The van der Waals surface area contributed by atoms with Gasteiger partial charge in [0, 0.05) is 13.8 Å². The van der Waals surface area contributed by atoms with E-state index in [9.17, 15) is 63.1 Å². The van der Waals surface area contributed by atoms with Crippen LogP contribution in [0, 0.1) is 0 Å². The van der Waals surface area contributed by atoms with E-state index in [1.54, 1.807) is 0 Å². The summed E-state index contributed by atoms with van der Waals surface area (Å²) in [5, 5.41) is 30.3. The fourth-order valence-electron chi connectivity index (χ4n) is 2.75. The first-order valence-electron chi connectivity index (χ1n) is 9.12. The van der Waals surface area contributed by atoms with E-state index in [0.29, 0.717) is 0 Å². The summed E-state index contributed by atoms with van der Waals surface area (Å²) in [6, 6.07) is 0. The van der Waals surface area contributed by atoms with Crippen molar-refractivity contribution < 1.29 is 90.6 Å².